The Hall–Kier alpha value is -1.76. The second kappa shape index (κ2) is 7.21. The lowest BCUT2D eigenvalue weighted by Gasteiger charge is -2.17. The molecule has 1 heterocycles. The van der Waals surface area contributed by atoms with Gasteiger partial charge in [-0.15, -0.1) is 0 Å². The van der Waals surface area contributed by atoms with E-state index in [1.807, 2.05) is 0 Å². The summed E-state index contributed by atoms with van der Waals surface area (Å²) in [5.74, 6) is -0.405. The van der Waals surface area contributed by atoms with Crippen molar-refractivity contribution in [3.8, 4) is 5.75 Å². The molecule has 1 saturated heterocycles. The van der Waals surface area contributed by atoms with E-state index in [1.54, 1.807) is 13.8 Å². The molecule has 0 spiro atoms. The van der Waals surface area contributed by atoms with E-state index < -0.39 is 11.7 Å². The van der Waals surface area contributed by atoms with E-state index in [2.05, 4.69) is 5.32 Å². The van der Waals surface area contributed by atoms with Crippen LogP contribution in [0.3, 0.4) is 0 Å². The summed E-state index contributed by atoms with van der Waals surface area (Å²) in [6.45, 7) is 4.13. The second-order valence-electron chi connectivity index (χ2n) is 5.76. The molecule has 1 amide bonds. The summed E-state index contributed by atoms with van der Waals surface area (Å²) in [7, 11) is 0. The number of ether oxygens (including phenoxy) is 2. The van der Waals surface area contributed by atoms with Crippen LogP contribution in [0.5, 0.6) is 5.75 Å². The van der Waals surface area contributed by atoms with Crippen molar-refractivity contribution in [3.63, 3.8) is 0 Å². The molecule has 0 bridgehead atoms. The highest BCUT2D eigenvalue weighted by Crippen LogP contribution is 2.34. The molecular formula is C16H20F3NO3. The molecule has 1 aliphatic rings. The van der Waals surface area contributed by atoms with Crippen LogP contribution in [0.1, 0.15) is 31.4 Å². The number of rotatable bonds is 5. The molecule has 7 heteroatoms. The highest BCUT2D eigenvalue weighted by Gasteiger charge is 2.34. The third-order valence-electron chi connectivity index (χ3n) is 3.51. The normalized spacial score (nSPS) is 18.3. The van der Waals surface area contributed by atoms with E-state index in [0.717, 1.165) is 6.07 Å². The molecule has 2 rings (SSSR count). The van der Waals surface area contributed by atoms with Gasteiger partial charge in [0.2, 0.25) is 5.91 Å². The molecule has 1 aromatic rings. The Morgan fingerprint density at radius 2 is 2.17 bits per heavy atom. The zero-order valence-electron chi connectivity index (χ0n) is 13.1. The van der Waals surface area contributed by atoms with Crippen LogP contribution in [0.2, 0.25) is 0 Å². The summed E-state index contributed by atoms with van der Waals surface area (Å²) in [6.07, 6.45) is -4.13. The molecule has 1 fully saturated rings. The molecule has 1 atom stereocenters. The molecule has 1 aromatic carbocycles. The van der Waals surface area contributed by atoms with Crippen molar-refractivity contribution in [1.29, 1.82) is 0 Å². The van der Waals surface area contributed by atoms with Crippen LogP contribution in [0, 0.1) is 5.92 Å². The van der Waals surface area contributed by atoms with Crippen LogP contribution in [0.15, 0.2) is 18.2 Å². The first-order valence-corrected chi connectivity index (χ1v) is 7.49. The van der Waals surface area contributed by atoms with Crippen LogP contribution in [-0.4, -0.2) is 25.2 Å². The van der Waals surface area contributed by atoms with Gasteiger partial charge in [-0.3, -0.25) is 4.79 Å². The van der Waals surface area contributed by atoms with Crippen molar-refractivity contribution < 1.29 is 27.4 Å². The summed E-state index contributed by atoms with van der Waals surface area (Å²) >= 11 is 0. The molecule has 0 saturated carbocycles. The predicted molar refractivity (Wildman–Crippen MR) is 78.0 cm³/mol. The van der Waals surface area contributed by atoms with Gasteiger partial charge in [0.25, 0.3) is 0 Å². The summed E-state index contributed by atoms with van der Waals surface area (Å²) in [6, 6.07) is 3.79. The third-order valence-corrected chi connectivity index (χ3v) is 3.51. The van der Waals surface area contributed by atoms with Gasteiger partial charge in [0.05, 0.1) is 24.2 Å². The van der Waals surface area contributed by atoms with Gasteiger partial charge in [0.1, 0.15) is 5.75 Å². The Labute approximate surface area is 133 Å². The molecule has 0 aromatic heterocycles. The van der Waals surface area contributed by atoms with E-state index in [4.69, 9.17) is 9.47 Å². The number of nitrogens with one attached hydrogen (secondary N) is 1. The minimum absolute atomic E-state index is 0.0147. The Morgan fingerprint density at radius 3 is 2.74 bits per heavy atom. The number of amides is 1. The van der Waals surface area contributed by atoms with Gasteiger partial charge in [0.15, 0.2) is 0 Å². The number of alkyl halides is 3. The minimum Gasteiger partial charge on any atom is -0.491 e. The summed E-state index contributed by atoms with van der Waals surface area (Å²) in [5, 5.41) is 2.55. The van der Waals surface area contributed by atoms with E-state index in [1.165, 1.54) is 12.1 Å². The van der Waals surface area contributed by atoms with E-state index in [0.29, 0.717) is 19.6 Å². The predicted octanol–water partition coefficient (Wildman–Crippen LogP) is 3.15. The molecule has 128 valence electrons. The lowest BCUT2D eigenvalue weighted by molar-refractivity contribution is -0.138. The molecule has 0 unspecified atom stereocenters. The van der Waals surface area contributed by atoms with Crippen molar-refractivity contribution in [3.05, 3.63) is 29.3 Å². The fourth-order valence-corrected chi connectivity index (χ4v) is 2.39. The number of hydrogen-bond donors (Lipinski definition) is 1. The highest BCUT2D eigenvalue weighted by molar-refractivity contribution is 5.79. The molecule has 0 radical (unpaired) electrons. The number of carbonyl (C=O) groups is 1. The lowest BCUT2D eigenvalue weighted by atomic mass is 10.1. The molecular weight excluding hydrogens is 311 g/mol. The number of benzene rings is 1. The lowest BCUT2D eigenvalue weighted by Crippen LogP contribution is -2.31. The average molecular weight is 331 g/mol. The van der Waals surface area contributed by atoms with Crippen molar-refractivity contribution in [2.24, 2.45) is 5.92 Å². The van der Waals surface area contributed by atoms with Crippen molar-refractivity contribution in [2.75, 3.05) is 13.2 Å². The standard InChI is InChI=1S/C16H20F3NO3/c1-10(2)23-13-4-3-11(14(7-13)16(17,18)19)8-20-15(21)12-5-6-22-9-12/h3-4,7,10,12H,5-6,8-9H2,1-2H3,(H,20,21)/t12-/m0/s1. The molecule has 0 aliphatic carbocycles. The topological polar surface area (TPSA) is 47.6 Å². The maximum atomic E-state index is 13.2. The zero-order chi connectivity index (χ0) is 17.0. The third kappa shape index (κ3) is 4.86. The first-order chi connectivity index (χ1) is 10.8. The smallest absolute Gasteiger partial charge is 0.416 e. The van der Waals surface area contributed by atoms with Gasteiger partial charge >= 0.3 is 6.18 Å². The molecule has 1 aliphatic heterocycles. The first-order valence-electron chi connectivity index (χ1n) is 7.49. The highest BCUT2D eigenvalue weighted by atomic mass is 19.4. The first kappa shape index (κ1) is 17.6. The van der Waals surface area contributed by atoms with Crippen molar-refractivity contribution in [2.45, 2.75) is 39.1 Å². The van der Waals surface area contributed by atoms with Gasteiger partial charge < -0.3 is 14.8 Å². The Balaban J connectivity index is 2.11. The van der Waals surface area contributed by atoms with E-state index in [9.17, 15) is 18.0 Å². The zero-order valence-corrected chi connectivity index (χ0v) is 13.1. The summed E-state index contributed by atoms with van der Waals surface area (Å²) in [4.78, 5) is 11.9. The van der Waals surface area contributed by atoms with Gasteiger partial charge in [-0.1, -0.05) is 6.07 Å². The van der Waals surface area contributed by atoms with E-state index in [-0.39, 0.29) is 35.8 Å². The van der Waals surface area contributed by atoms with Crippen LogP contribution in [-0.2, 0) is 22.3 Å². The Kier molecular flexibility index (Phi) is 5.51. The van der Waals surface area contributed by atoms with Gasteiger partial charge in [-0.25, -0.2) is 0 Å². The maximum absolute atomic E-state index is 13.2. The quantitative estimate of drug-likeness (QED) is 0.902. The van der Waals surface area contributed by atoms with Gasteiger partial charge in [-0.05, 0) is 38.0 Å². The van der Waals surface area contributed by atoms with Crippen LogP contribution < -0.4 is 10.1 Å². The molecule has 1 N–H and O–H groups in total. The molecule has 23 heavy (non-hydrogen) atoms. The maximum Gasteiger partial charge on any atom is 0.416 e. The van der Waals surface area contributed by atoms with E-state index >= 15 is 0 Å². The average Bonchev–Trinajstić information content (AvgIpc) is 2.98. The fourth-order valence-electron chi connectivity index (χ4n) is 2.39. The summed E-state index contributed by atoms with van der Waals surface area (Å²) < 4.78 is 50.0. The number of carbonyl (C=O) groups excluding carboxylic acids is 1. The van der Waals surface area contributed by atoms with Crippen LogP contribution in [0.4, 0.5) is 13.2 Å². The SMILES string of the molecule is CC(C)Oc1ccc(CNC(=O)[C@H]2CCOC2)c(C(F)(F)F)c1. The van der Waals surface area contributed by atoms with Gasteiger partial charge in [-0.2, -0.15) is 13.2 Å². The Bertz CT molecular complexity index is 552. The fraction of sp³-hybridized carbons (Fsp3) is 0.562. The van der Waals surface area contributed by atoms with Crippen molar-refractivity contribution in [1.82, 2.24) is 5.32 Å². The summed E-state index contributed by atoms with van der Waals surface area (Å²) in [5.41, 5.74) is -0.778. The van der Waals surface area contributed by atoms with Crippen LogP contribution in [0.25, 0.3) is 0 Å². The van der Waals surface area contributed by atoms with Crippen molar-refractivity contribution >= 4 is 5.91 Å². The molecule has 4 nitrogen and oxygen atoms in total. The van der Waals surface area contributed by atoms with Crippen LogP contribution >= 0.6 is 0 Å². The number of halogens is 3. The minimum atomic E-state index is -4.51. The largest absolute Gasteiger partial charge is 0.491 e. The second-order valence-corrected chi connectivity index (χ2v) is 5.76. The van der Waals surface area contributed by atoms with Gasteiger partial charge in [0, 0.05) is 13.2 Å². The monoisotopic (exact) mass is 331 g/mol. The Morgan fingerprint density at radius 1 is 1.43 bits per heavy atom. The number of hydrogen-bond acceptors (Lipinski definition) is 3.